The third kappa shape index (κ3) is 5.93. The van der Waals surface area contributed by atoms with Crippen molar-refractivity contribution in [2.45, 2.75) is 0 Å². The second-order valence-corrected chi connectivity index (χ2v) is 6.85. The number of carbonyl (C=O) groups excluding carboxylic acids is 2. The highest BCUT2D eigenvalue weighted by molar-refractivity contribution is 6.29. The van der Waals surface area contributed by atoms with Gasteiger partial charge in [0.1, 0.15) is 28.9 Å². The molecule has 0 atom stereocenters. The van der Waals surface area contributed by atoms with Crippen LogP contribution in [0.15, 0.2) is 78.4 Å². The van der Waals surface area contributed by atoms with Gasteiger partial charge in [0.25, 0.3) is 11.8 Å². The number of para-hydroxylation sites is 5. The molecular formula is C26H23N3O5. The first kappa shape index (κ1) is 23.9. The maximum atomic E-state index is 13.3. The van der Waals surface area contributed by atoms with Crippen LogP contribution in [0.5, 0.6) is 17.2 Å². The number of rotatable bonds is 9. The Morgan fingerprint density at radius 3 is 1.76 bits per heavy atom. The van der Waals surface area contributed by atoms with E-state index in [9.17, 15) is 9.59 Å². The fraction of sp³-hybridized carbons (Fsp3) is 0.115. The lowest BCUT2D eigenvalue weighted by atomic mass is 10.1. The predicted molar refractivity (Wildman–Crippen MR) is 129 cm³/mol. The standard InChI is InChI=1S/C26H23N3O5/c1-32-23-13-7-4-10-20(23)28-25(30)19(17-18-9-3-6-12-22(18)34-16-15-27)26(31)29-21-11-5-8-14-24(21)33-2/h3-14,17H,16H2,1-2H3,(H,28,30)(H,29,31). The molecule has 8 heteroatoms. The number of hydrogen-bond donors (Lipinski definition) is 2. The Kier molecular flexibility index (Phi) is 8.25. The van der Waals surface area contributed by atoms with Gasteiger partial charge in [0.05, 0.1) is 25.6 Å². The highest BCUT2D eigenvalue weighted by Gasteiger charge is 2.22. The van der Waals surface area contributed by atoms with E-state index in [2.05, 4.69) is 10.6 Å². The Hall–Kier alpha value is -4.77. The molecule has 172 valence electrons. The molecular weight excluding hydrogens is 434 g/mol. The van der Waals surface area contributed by atoms with E-state index < -0.39 is 11.8 Å². The topological polar surface area (TPSA) is 110 Å². The molecule has 0 saturated heterocycles. The number of ether oxygens (including phenoxy) is 3. The van der Waals surface area contributed by atoms with Crippen LogP contribution in [0.4, 0.5) is 11.4 Å². The fourth-order valence-electron chi connectivity index (χ4n) is 3.11. The van der Waals surface area contributed by atoms with Gasteiger partial charge in [0.2, 0.25) is 0 Å². The quantitative estimate of drug-likeness (QED) is 0.282. The Labute approximate surface area is 197 Å². The lowest BCUT2D eigenvalue weighted by Gasteiger charge is -2.14. The molecule has 0 unspecified atom stereocenters. The number of anilines is 2. The fourth-order valence-corrected chi connectivity index (χ4v) is 3.11. The molecule has 0 aromatic heterocycles. The van der Waals surface area contributed by atoms with Crippen LogP contribution in [0.2, 0.25) is 0 Å². The Balaban J connectivity index is 2.01. The number of nitrogens with zero attached hydrogens (tertiary/aromatic N) is 1. The Bertz CT molecular complexity index is 1180. The molecule has 0 saturated carbocycles. The molecule has 0 bridgehead atoms. The minimum absolute atomic E-state index is 0.180. The van der Waals surface area contributed by atoms with Crippen LogP contribution in [0.25, 0.3) is 6.08 Å². The van der Waals surface area contributed by atoms with Gasteiger partial charge in [-0.15, -0.1) is 0 Å². The maximum Gasteiger partial charge on any atom is 0.261 e. The van der Waals surface area contributed by atoms with Gasteiger partial charge in [-0.25, -0.2) is 0 Å². The smallest absolute Gasteiger partial charge is 0.261 e. The van der Waals surface area contributed by atoms with Crippen LogP contribution in [0.1, 0.15) is 5.56 Å². The number of nitrogens with one attached hydrogen (secondary N) is 2. The summed E-state index contributed by atoms with van der Waals surface area (Å²) in [6, 6.07) is 22.4. The van der Waals surface area contributed by atoms with E-state index in [0.29, 0.717) is 34.2 Å². The summed E-state index contributed by atoms with van der Waals surface area (Å²) >= 11 is 0. The second kappa shape index (κ2) is 11.7. The molecule has 0 aliphatic rings. The largest absolute Gasteiger partial charge is 0.495 e. The monoisotopic (exact) mass is 457 g/mol. The summed E-state index contributed by atoms with van der Waals surface area (Å²) in [6.07, 6.45) is 1.40. The van der Waals surface area contributed by atoms with Crippen LogP contribution >= 0.6 is 0 Å². The molecule has 0 aliphatic carbocycles. The molecule has 34 heavy (non-hydrogen) atoms. The van der Waals surface area contributed by atoms with Crippen molar-refractivity contribution >= 4 is 29.3 Å². The van der Waals surface area contributed by atoms with Crippen molar-refractivity contribution in [3.8, 4) is 23.3 Å². The summed E-state index contributed by atoms with van der Waals surface area (Å²) in [5, 5.41) is 14.3. The van der Waals surface area contributed by atoms with E-state index in [-0.39, 0.29) is 12.2 Å². The summed E-state index contributed by atoms with van der Waals surface area (Å²) in [5.74, 6) is -0.0770. The van der Waals surface area contributed by atoms with E-state index in [0.717, 1.165) is 0 Å². The number of methoxy groups -OCH3 is 2. The van der Waals surface area contributed by atoms with Gasteiger partial charge in [-0.05, 0) is 36.4 Å². The van der Waals surface area contributed by atoms with Crippen molar-refractivity contribution in [2.24, 2.45) is 0 Å². The summed E-state index contributed by atoms with van der Waals surface area (Å²) in [7, 11) is 2.97. The van der Waals surface area contributed by atoms with Crippen LogP contribution < -0.4 is 24.8 Å². The molecule has 0 fully saturated rings. The van der Waals surface area contributed by atoms with E-state index in [1.54, 1.807) is 72.8 Å². The zero-order chi connectivity index (χ0) is 24.3. The van der Waals surface area contributed by atoms with E-state index in [1.165, 1.54) is 20.3 Å². The summed E-state index contributed by atoms with van der Waals surface area (Å²) in [6.45, 7) is -0.180. The lowest BCUT2D eigenvalue weighted by Crippen LogP contribution is -2.25. The first-order valence-electron chi connectivity index (χ1n) is 10.3. The molecule has 3 rings (SSSR count). The second-order valence-electron chi connectivity index (χ2n) is 6.85. The van der Waals surface area contributed by atoms with Crippen molar-refractivity contribution in [2.75, 3.05) is 31.5 Å². The van der Waals surface area contributed by atoms with Crippen LogP contribution in [-0.4, -0.2) is 32.6 Å². The van der Waals surface area contributed by atoms with Crippen LogP contribution in [-0.2, 0) is 9.59 Å². The number of amides is 2. The molecule has 0 aliphatic heterocycles. The molecule has 2 N–H and O–H groups in total. The molecule has 3 aromatic carbocycles. The molecule has 8 nitrogen and oxygen atoms in total. The van der Waals surface area contributed by atoms with Gasteiger partial charge in [-0.3, -0.25) is 9.59 Å². The third-order valence-corrected chi connectivity index (χ3v) is 4.71. The van der Waals surface area contributed by atoms with E-state index in [1.807, 2.05) is 6.07 Å². The maximum absolute atomic E-state index is 13.3. The van der Waals surface area contributed by atoms with Crippen molar-refractivity contribution in [1.29, 1.82) is 5.26 Å². The van der Waals surface area contributed by atoms with Crippen LogP contribution in [0, 0.1) is 11.3 Å². The normalized spacial score (nSPS) is 9.79. The Morgan fingerprint density at radius 1 is 0.794 bits per heavy atom. The highest BCUT2D eigenvalue weighted by atomic mass is 16.5. The highest BCUT2D eigenvalue weighted by Crippen LogP contribution is 2.27. The van der Waals surface area contributed by atoms with Crippen molar-refractivity contribution < 1.29 is 23.8 Å². The number of hydrogen-bond acceptors (Lipinski definition) is 6. The number of benzene rings is 3. The third-order valence-electron chi connectivity index (χ3n) is 4.71. The van der Waals surface area contributed by atoms with E-state index in [4.69, 9.17) is 19.5 Å². The number of nitriles is 1. The van der Waals surface area contributed by atoms with Gasteiger partial charge in [-0.1, -0.05) is 42.5 Å². The average molecular weight is 457 g/mol. The minimum atomic E-state index is -0.660. The van der Waals surface area contributed by atoms with Gasteiger partial charge in [0, 0.05) is 5.56 Å². The minimum Gasteiger partial charge on any atom is -0.495 e. The lowest BCUT2D eigenvalue weighted by molar-refractivity contribution is -0.118. The van der Waals surface area contributed by atoms with Gasteiger partial charge in [0.15, 0.2) is 6.61 Å². The molecule has 2 amide bonds. The zero-order valence-corrected chi connectivity index (χ0v) is 18.7. The predicted octanol–water partition coefficient (Wildman–Crippen LogP) is 4.27. The first-order valence-corrected chi connectivity index (χ1v) is 10.3. The van der Waals surface area contributed by atoms with Crippen molar-refractivity contribution in [3.63, 3.8) is 0 Å². The molecule has 0 heterocycles. The van der Waals surface area contributed by atoms with Crippen LogP contribution in [0.3, 0.4) is 0 Å². The van der Waals surface area contributed by atoms with E-state index >= 15 is 0 Å². The number of carbonyl (C=O) groups is 2. The average Bonchev–Trinajstić information content (AvgIpc) is 2.87. The van der Waals surface area contributed by atoms with Gasteiger partial charge >= 0.3 is 0 Å². The molecule has 0 radical (unpaired) electrons. The summed E-state index contributed by atoms with van der Waals surface area (Å²) < 4.78 is 16.0. The SMILES string of the molecule is COc1ccccc1NC(=O)C(=Cc1ccccc1OCC#N)C(=O)Nc1ccccc1OC. The molecule has 3 aromatic rings. The Morgan fingerprint density at radius 2 is 1.26 bits per heavy atom. The van der Waals surface area contributed by atoms with Gasteiger partial charge < -0.3 is 24.8 Å². The first-order chi connectivity index (χ1) is 16.6. The zero-order valence-electron chi connectivity index (χ0n) is 18.7. The molecule has 0 spiro atoms. The summed E-state index contributed by atoms with van der Waals surface area (Å²) in [4.78, 5) is 26.6. The van der Waals surface area contributed by atoms with Gasteiger partial charge in [-0.2, -0.15) is 5.26 Å². The van der Waals surface area contributed by atoms with Crippen molar-refractivity contribution in [1.82, 2.24) is 0 Å². The van der Waals surface area contributed by atoms with Crippen molar-refractivity contribution in [3.05, 3.63) is 83.9 Å². The summed E-state index contributed by atoms with van der Waals surface area (Å²) in [5.41, 5.74) is 1.07.